The average molecular weight is 448 g/mol. The molecule has 2 rings (SSSR count). The molecule has 0 saturated carbocycles. The van der Waals surface area contributed by atoms with Gasteiger partial charge in [-0.1, -0.05) is 47.4 Å². The highest BCUT2D eigenvalue weighted by atomic mass is 35.5. The van der Waals surface area contributed by atoms with Gasteiger partial charge in [-0.2, -0.15) is 13.2 Å². The zero-order valence-corrected chi connectivity index (χ0v) is 17.1. The summed E-state index contributed by atoms with van der Waals surface area (Å²) in [5.74, 6) is -0.917. The van der Waals surface area contributed by atoms with Gasteiger partial charge in [-0.3, -0.25) is 9.78 Å². The fourth-order valence-corrected chi connectivity index (χ4v) is 2.69. The zero-order chi connectivity index (χ0) is 21.6. The van der Waals surface area contributed by atoms with Crippen LogP contribution in [0.3, 0.4) is 0 Å². The van der Waals surface area contributed by atoms with Crippen LogP contribution in [0, 0.1) is 0 Å². The first-order valence-electron chi connectivity index (χ1n) is 8.62. The molecule has 0 aliphatic carbocycles. The molecule has 1 aromatic carbocycles. The van der Waals surface area contributed by atoms with E-state index in [0.717, 1.165) is 12.1 Å². The molecule has 0 saturated heterocycles. The van der Waals surface area contributed by atoms with Crippen molar-refractivity contribution in [2.75, 3.05) is 6.54 Å². The number of carbonyl (C=O) groups is 1. The van der Waals surface area contributed by atoms with Crippen LogP contribution in [-0.4, -0.2) is 29.3 Å². The minimum atomic E-state index is -4.66. The Morgan fingerprint density at radius 1 is 1.31 bits per heavy atom. The van der Waals surface area contributed by atoms with E-state index in [1.165, 1.54) is 24.4 Å². The molecule has 1 N–H and O–H groups in total. The molecule has 10 heteroatoms. The molecule has 1 unspecified atom stereocenters. The Morgan fingerprint density at radius 3 is 2.62 bits per heavy atom. The Hall–Kier alpha value is -2.32. The van der Waals surface area contributed by atoms with Gasteiger partial charge in [0.05, 0.1) is 27.7 Å². The van der Waals surface area contributed by atoms with E-state index in [-0.39, 0.29) is 29.1 Å². The first-order valence-corrected chi connectivity index (χ1v) is 9.37. The number of oxime groups is 1. The van der Waals surface area contributed by atoms with Crippen LogP contribution in [0.1, 0.15) is 41.9 Å². The summed E-state index contributed by atoms with van der Waals surface area (Å²) >= 11 is 12.0. The summed E-state index contributed by atoms with van der Waals surface area (Å²) in [4.78, 5) is 21.8. The lowest BCUT2D eigenvalue weighted by molar-refractivity contribution is -0.137. The van der Waals surface area contributed by atoms with Gasteiger partial charge in [0.15, 0.2) is 0 Å². The van der Waals surface area contributed by atoms with Crippen molar-refractivity contribution in [3.8, 4) is 0 Å². The summed E-state index contributed by atoms with van der Waals surface area (Å²) in [5.41, 5.74) is -1.19. The first kappa shape index (κ1) is 23.0. The smallest absolute Gasteiger partial charge is 0.392 e. The molecule has 1 amide bonds. The van der Waals surface area contributed by atoms with Crippen LogP contribution < -0.4 is 5.32 Å². The first-order chi connectivity index (χ1) is 13.6. The molecule has 0 aliphatic rings. The molecule has 0 fully saturated rings. The van der Waals surface area contributed by atoms with Crippen molar-refractivity contribution in [3.63, 3.8) is 0 Å². The van der Waals surface area contributed by atoms with Gasteiger partial charge >= 0.3 is 6.18 Å². The number of nitrogens with one attached hydrogen (secondary N) is 1. The van der Waals surface area contributed by atoms with Crippen LogP contribution >= 0.6 is 23.2 Å². The Bertz CT molecular complexity index is 905. The lowest BCUT2D eigenvalue weighted by Crippen LogP contribution is -2.32. The maximum Gasteiger partial charge on any atom is 0.417 e. The normalized spacial score (nSPS) is 13.1. The van der Waals surface area contributed by atoms with Crippen molar-refractivity contribution in [2.24, 2.45) is 5.16 Å². The lowest BCUT2D eigenvalue weighted by Gasteiger charge is -2.14. The second-order valence-corrected chi connectivity index (χ2v) is 6.92. The third-order valence-corrected chi connectivity index (χ3v) is 4.39. The molecule has 29 heavy (non-hydrogen) atoms. The Labute approximate surface area is 175 Å². The Kier molecular flexibility index (Phi) is 7.87. The second-order valence-electron chi connectivity index (χ2n) is 6.07. The number of halogens is 5. The maximum absolute atomic E-state index is 13.1. The highest BCUT2D eigenvalue weighted by Gasteiger charge is 2.34. The monoisotopic (exact) mass is 447 g/mol. The number of amides is 1. The number of rotatable bonds is 7. The quantitative estimate of drug-likeness (QED) is 0.459. The second kappa shape index (κ2) is 9.93. The van der Waals surface area contributed by atoms with Crippen molar-refractivity contribution in [1.82, 2.24) is 10.3 Å². The van der Waals surface area contributed by atoms with Crippen molar-refractivity contribution in [2.45, 2.75) is 32.5 Å². The van der Waals surface area contributed by atoms with E-state index < -0.39 is 23.2 Å². The Morgan fingerprint density at radius 2 is 2.00 bits per heavy atom. The van der Waals surface area contributed by atoms with Crippen LogP contribution in [0.25, 0.3) is 0 Å². The molecule has 1 heterocycles. The van der Waals surface area contributed by atoms with Gasteiger partial charge in [0.25, 0.3) is 5.91 Å². The fraction of sp³-hybridized carbons (Fsp3) is 0.316. The number of carbonyl (C=O) groups excluding carboxylic acids is 1. The standard InChI is InChI=1S/C19H18Cl2F3N3O2/c1-3-11(2)29-27-16(17-15(21)8-12(20)9-25-17)10-26-18(28)13-6-4-5-7-14(13)19(22,23)24/h4-9,11H,3,10H2,1-2H3,(H,26,28). The number of hydrogen-bond donors (Lipinski definition) is 1. The van der Waals surface area contributed by atoms with Crippen molar-refractivity contribution in [3.05, 3.63) is 63.4 Å². The van der Waals surface area contributed by atoms with Crippen molar-refractivity contribution >= 4 is 34.8 Å². The molecular formula is C19H18Cl2F3N3O2. The van der Waals surface area contributed by atoms with E-state index in [1.807, 2.05) is 6.92 Å². The summed E-state index contributed by atoms with van der Waals surface area (Å²) in [6.07, 6.45) is -2.88. The maximum atomic E-state index is 13.1. The molecule has 1 atom stereocenters. The molecule has 1 aromatic heterocycles. The molecule has 0 radical (unpaired) electrons. The van der Waals surface area contributed by atoms with E-state index in [0.29, 0.717) is 11.4 Å². The zero-order valence-electron chi connectivity index (χ0n) is 15.6. The van der Waals surface area contributed by atoms with Gasteiger partial charge in [-0.15, -0.1) is 0 Å². The SMILES string of the molecule is CCC(C)ON=C(CNC(=O)c1ccccc1C(F)(F)F)c1ncc(Cl)cc1Cl. The number of nitrogens with zero attached hydrogens (tertiary/aromatic N) is 2. The van der Waals surface area contributed by atoms with E-state index in [2.05, 4.69) is 15.5 Å². The molecule has 0 aliphatic heterocycles. The number of pyridine rings is 1. The van der Waals surface area contributed by atoms with E-state index >= 15 is 0 Å². The number of benzene rings is 1. The lowest BCUT2D eigenvalue weighted by atomic mass is 10.1. The highest BCUT2D eigenvalue weighted by molar-refractivity contribution is 6.36. The minimum absolute atomic E-state index is 0.143. The average Bonchev–Trinajstić information content (AvgIpc) is 2.67. The third kappa shape index (κ3) is 6.33. The van der Waals surface area contributed by atoms with Crippen molar-refractivity contribution in [1.29, 1.82) is 0 Å². The summed E-state index contributed by atoms with van der Waals surface area (Å²) < 4.78 is 39.4. The van der Waals surface area contributed by atoms with Gasteiger partial charge < -0.3 is 10.2 Å². The summed E-state index contributed by atoms with van der Waals surface area (Å²) in [5, 5.41) is 6.85. The number of aromatic nitrogens is 1. The van der Waals surface area contributed by atoms with Crippen molar-refractivity contribution < 1.29 is 22.8 Å². The highest BCUT2D eigenvalue weighted by Crippen LogP contribution is 2.31. The van der Waals surface area contributed by atoms with Crippen LogP contribution in [0.2, 0.25) is 10.0 Å². The van der Waals surface area contributed by atoms with Crippen LogP contribution in [0.4, 0.5) is 13.2 Å². The van der Waals surface area contributed by atoms with Gasteiger partial charge in [0.1, 0.15) is 17.5 Å². The topological polar surface area (TPSA) is 63.6 Å². The fourth-order valence-electron chi connectivity index (χ4n) is 2.20. The molecule has 2 aromatic rings. The van der Waals surface area contributed by atoms with Gasteiger partial charge in [-0.25, -0.2) is 0 Å². The van der Waals surface area contributed by atoms with E-state index in [4.69, 9.17) is 28.0 Å². The Balaban J connectivity index is 2.28. The largest absolute Gasteiger partial charge is 0.417 e. The van der Waals surface area contributed by atoms with Crippen LogP contribution in [0.5, 0.6) is 0 Å². The predicted octanol–water partition coefficient (Wildman–Crippen LogP) is 5.36. The predicted molar refractivity (Wildman–Crippen MR) is 105 cm³/mol. The van der Waals surface area contributed by atoms with Crippen LogP contribution in [0.15, 0.2) is 41.7 Å². The number of alkyl halides is 3. The molecule has 0 bridgehead atoms. The summed E-state index contributed by atoms with van der Waals surface area (Å²) in [6.45, 7) is 3.43. The number of hydrogen-bond acceptors (Lipinski definition) is 4. The van der Waals surface area contributed by atoms with E-state index in [1.54, 1.807) is 6.92 Å². The summed E-state index contributed by atoms with van der Waals surface area (Å²) in [7, 11) is 0. The molecule has 5 nitrogen and oxygen atoms in total. The minimum Gasteiger partial charge on any atom is -0.392 e. The van der Waals surface area contributed by atoms with E-state index in [9.17, 15) is 18.0 Å². The molecule has 156 valence electrons. The summed E-state index contributed by atoms with van der Waals surface area (Å²) in [6, 6.07) is 5.93. The molecular weight excluding hydrogens is 430 g/mol. The molecule has 0 spiro atoms. The third-order valence-electron chi connectivity index (χ3n) is 3.89. The van der Waals surface area contributed by atoms with Gasteiger partial charge in [0, 0.05) is 6.20 Å². The van der Waals surface area contributed by atoms with Gasteiger partial charge in [0.2, 0.25) is 0 Å². The van der Waals surface area contributed by atoms with Crippen LogP contribution in [-0.2, 0) is 11.0 Å². The van der Waals surface area contributed by atoms with Gasteiger partial charge in [-0.05, 0) is 31.5 Å².